The van der Waals surface area contributed by atoms with E-state index in [-0.39, 0.29) is 5.41 Å². The SMILES string of the molecule is CC1CCCC=C1OCC(C)(C)CO[Si](C)(C)C. The van der Waals surface area contributed by atoms with Gasteiger partial charge >= 0.3 is 0 Å². The molecule has 0 radical (unpaired) electrons. The minimum atomic E-state index is -1.42. The van der Waals surface area contributed by atoms with E-state index < -0.39 is 8.32 Å². The minimum Gasteiger partial charge on any atom is -0.497 e. The van der Waals surface area contributed by atoms with Gasteiger partial charge in [0.2, 0.25) is 0 Å². The van der Waals surface area contributed by atoms with Gasteiger partial charge in [-0.2, -0.15) is 0 Å². The van der Waals surface area contributed by atoms with E-state index in [1.54, 1.807) is 0 Å². The summed E-state index contributed by atoms with van der Waals surface area (Å²) in [7, 11) is -1.42. The largest absolute Gasteiger partial charge is 0.497 e. The van der Waals surface area contributed by atoms with E-state index in [9.17, 15) is 0 Å². The van der Waals surface area contributed by atoms with Crippen LogP contribution < -0.4 is 0 Å². The maximum atomic E-state index is 6.02. The van der Waals surface area contributed by atoms with Crippen molar-refractivity contribution < 1.29 is 9.16 Å². The van der Waals surface area contributed by atoms with Crippen LogP contribution in [0.3, 0.4) is 0 Å². The Morgan fingerprint density at radius 2 is 1.94 bits per heavy atom. The van der Waals surface area contributed by atoms with Gasteiger partial charge in [0.25, 0.3) is 0 Å². The Bertz CT molecular complexity index is 289. The molecule has 0 fully saturated rings. The van der Waals surface area contributed by atoms with Crippen molar-refractivity contribution in [2.75, 3.05) is 13.2 Å². The second-order valence-electron chi connectivity index (χ2n) is 7.29. The number of hydrogen-bond donors (Lipinski definition) is 0. The third-order valence-corrected chi connectivity index (χ3v) is 4.21. The highest BCUT2D eigenvalue weighted by molar-refractivity contribution is 6.69. The highest BCUT2D eigenvalue weighted by Crippen LogP contribution is 2.27. The van der Waals surface area contributed by atoms with Crippen LogP contribution >= 0.6 is 0 Å². The summed E-state index contributed by atoms with van der Waals surface area (Å²) in [5.41, 5.74) is 0.0955. The predicted octanol–water partition coefficient (Wildman–Crippen LogP) is 4.58. The molecule has 2 nitrogen and oxygen atoms in total. The van der Waals surface area contributed by atoms with Gasteiger partial charge in [-0.3, -0.25) is 0 Å². The lowest BCUT2D eigenvalue weighted by Gasteiger charge is -2.31. The molecule has 0 aliphatic heterocycles. The molecule has 1 aliphatic rings. The van der Waals surface area contributed by atoms with Gasteiger partial charge in [0, 0.05) is 17.9 Å². The van der Waals surface area contributed by atoms with Gasteiger partial charge in [0.15, 0.2) is 8.32 Å². The quantitative estimate of drug-likeness (QED) is 0.657. The molecule has 1 atom stereocenters. The molecule has 0 saturated carbocycles. The van der Waals surface area contributed by atoms with E-state index in [2.05, 4.69) is 46.5 Å². The average molecular weight is 270 g/mol. The fraction of sp³-hybridized carbons (Fsp3) is 0.867. The molecule has 106 valence electrons. The molecule has 0 bridgehead atoms. The minimum absolute atomic E-state index is 0.0955. The normalized spacial score (nSPS) is 21.7. The fourth-order valence-corrected chi connectivity index (χ4v) is 2.77. The zero-order valence-corrected chi connectivity index (χ0v) is 14.0. The first-order valence-electron chi connectivity index (χ1n) is 7.16. The summed E-state index contributed by atoms with van der Waals surface area (Å²) >= 11 is 0. The van der Waals surface area contributed by atoms with Gasteiger partial charge < -0.3 is 9.16 Å². The lowest BCUT2D eigenvalue weighted by atomic mass is 9.94. The second-order valence-corrected chi connectivity index (χ2v) is 11.8. The first kappa shape index (κ1) is 15.8. The van der Waals surface area contributed by atoms with Crippen LogP contribution in [0, 0.1) is 11.3 Å². The molecule has 0 heterocycles. The van der Waals surface area contributed by atoms with Crippen molar-refractivity contribution in [2.24, 2.45) is 11.3 Å². The zero-order valence-electron chi connectivity index (χ0n) is 13.0. The zero-order chi connectivity index (χ0) is 13.8. The molecule has 1 rings (SSSR count). The number of hydrogen-bond acceptors (Lipinski definition) is 2. The number of rotatable bonds is 6. The first-order valence-corrected chi connectivity index (χ1v) is 10.6. The van der Waals surface area contributed by atoms with E-state index in [0.717, 1.165) is 13.2 Å². The lowest BCUT2D eigenvalue weighted by molar-refractivity contribution is 0.0557. The summed E-state index contributed by atoms with van der Waals surface area (Å²) in [6, 6.07) is 0. The molecule has 0 aromatic rings. The van der Waals surface area contributed by atoms with E-state index in [0.29, 0.717) is 5.92 Å². The van der Waals surface area contributed by atoms with Crippen molar-refractivity contribution in [3.8, 4) is 0 Å². The number of ether oxygens (including phenoxy) is 1. The van der Waals surface area contributed by atoms with Crippen molar-refractivity contribution in [3.05, 3.63) is 11.8 Å². The number of allylic oxidation sites excluding steroid dienone is 2. The maximum Gasteiger partial charge on any atom is 0.183 e. The Morgan fingerprint density at radius 3 is 2.50 bits per heavy atom. The molecule has 3 heteroatoms. The van der Waals surface area contributed by atoms with E-state index in [1.165, 1.54) is 25.0 Å². The molecule has 0 spiro atoms. The van der Waals surface area contributed by atoms with Crippen molar-refractivity contribution in [2.45, 2.75) is 59.7 Å². The maximum absolute atomic E-state index is 6.02. The van der Waals surface area contributed by atoms with Gasteiger partial charge in [0.1, 0.15) is 0 Å². The van der Waals surface area contributed by atoms with Crippen LogP contribution in [0.4, 0.5) is 0 Å². The van der Waals surface area contributed by atoms with E-state index in [4.69, 9.17) is 9.16 Å². The summed E-state index contributed by atoms with van der Waals surface area (Å²) in [4.78, 5) is 0. The average Bonchev–Trinajstić information content (AvgIpc) is 2.25. The molecule has 0 aromatic heterocycles. The third kappa shape index (κ3) is 6.05. The van der Waals surface area contributed by atoms with Gasteiger partial charge in [0.05, 0.1) is 12.4 Å². The van der Waals surface area contributed by atoms with E-state index in [1.807, 2.05) is 0 Å². The molecule has 0 saturated heterocycles. The molecule has 0 aromatic carbocycles. The van der Waals surface area contributed by atoms with Crippen molar-refractivity contribution >= 4 is 8.32 Å². The predicted molar refractivity (Wildman–Crippen MR) is 80.1 cm³/mol. The smallest absolute Gasteiger partial charge is 0.183 e. The van der Waals surface area contributed by atoms with Crippen LogP contribution in [-0.4, -0.2) is 21.5 Å². The summed E-state index contributed by atoms with van der Waals surface area (Å²) in [5, 5.41) is 0. The Labute approximate surface area is 114 Å². The molecular weight excluding hydrogens is 240 g/mol. The van der Waals surface area contributed by atoms with Crippen LogP contribution in [0.5, 0.6) is 0 Å². The van der Waals surface area contributed by atoms with Gasteiger partial charge in [-0.25, -0.2) is 0 Å². The monoisotopic (exact) mass is 270 g/mol. The fourth-order valence-electron chi connectivity index (χ4n) is 1.95. The van der Waals surface area contributed by atoms with Crippen molar-refractivity contribution in [1.29, 1.82) is 0 Å². The highest BCUT2D eigenvalue weighted by atomic mass is 28.4. The van der Waals surface area contributed by atoms with Crippen molar-refractivity contribution in [3.63, 3.8) is 0 Å². The van der Waals surface area contributed by atoms with Gasteiger partial charge in [-0.15, -0.1) is 0 Å². The van der Waals surface area contributed by atoms with Gasteiger partial charge in [-0.05, 0) is 45.0 Å². The van der Waals surface area contributed by atoms with Crippen LogP contribution in [0.2, 0.25) is 19.6 Å². The Hall–Kier alpha value is -0.283. The first-order chi connectivity index (χ1) is 8.20. The summed E-state index contributed by atoms with van der Waals surface area (Å²) < 4.78 is 12.0. The molecule has 0 N–H and O–H groups in total. The van der Waals surface area contributed by atoms with E-state index >= 15 is 0 Å². The second kappa shape index (κ2) is 6.24. The standard InChI is InChI=1S/C15H30O2Si/c1-13-9-7-8-10-14(13)16-11-15(2,3)12-17-18(4,5)6/h10,13H,7-9,11-12H2,1-6H3. The summed E-state index contributed by atoms with van der Waals surface area (Å²) in [5.74, 6) is 1.79. The Morgan fingerprint density at radius 1 is 1.28 bits per heavy atom. The molecule has 18 heavy (non-hydrogen) atoms. The summed E-state index contributed by atoms with van der Waals surface area (Å²) in [6.07, 6.45) is 6.00. The molecule has 1 aliphatic carbocycles. The van der Waals surface area contributed by atoms with Crippen LogP contribution in [0.25, 0.3) is 0 Å². The topological polar surface area (TPSA) is 18.5 Å². The lowest BCUT2D eigenvalue weighted by Crippen LogP contribution is -2.34. The summed E-state index contributed by atoms with van der Waals surface area (Å²) in [6.45, 7) is 15.0. The van der Waals surface area contributed by atoms with Crippen LogP contribution in [0.15, 0.2) is 11.8 Å². The Kier molecular flexibility index (Phi) is 5.47. The van der Waals surface area contributed by atoms with Gasteiger partial charge in [-0.1, -0.05) is 20.8 Å². The molecular formula is C15H30O2Si. The van der Waals surface area contributed by atoms with Crippen molar-refractivity contribution in [1.82, 2.24) is 0 Å². The van der Waals surface area contributed by atoms with Crippen LogP contribution in [0.1, 0.15) is 40.0 Å². The molecule has 0 amide bonds. The highest BCUT2D eigenvalue weighted by Gasteiger charge is 2.25. The Balaban J connectivity index is 2.39. The van der Waals surface area contributed by atoms with Crippen LogP contribution in [-0.2, 0) is 9.16 Å². The third-order valence-electron chi connectivity index (χ3n) is 3.20. The molecule has 1 unspecified atom stereocenters.